The van der Waals surface area contributed by atoms with Crippen LogP contribution in [0.5, 0.6) is 5.75 Å². The first-order valence-corrected chi connectivity index (χ1v) is 7.41. The molecule has 0 N–H and O–H groups in total. The lowest BCUT2D eigenvalue weighted by Crippen LogP contribution is -2.20. The van der Waals surface area contributed by atoms with E-state index in [0.717, 1.165) is 12.1 Å². The van der Waals surface area contributed by atoms with Gasteiger partial charge in [0.25, 0.3) is 0 Å². The molecule has 0 amide bonds. The lowest BCUT2D eigenvalue weighted by molar-refractivity contribution is -0.159. The molecule has 25 heavy (non-hydrogen) atoms. The number of hydroxylamine groups is 2. The van der Waals surface area contributed by atoms with Crippen LogP contribution in [0.2, 0.25) is 0 Å². The summed E-state index contributed by atoms with van der Waals surface area (Å²) in [6.45, 7) is 1.38. The van der Waals surface area contributed by atoms with Crippen LogP contribution < -0.4 is 4.74 Å². The number of benzene rings is 1. The molecule has 0 aliphatic heterocycles. The second kappa shape index (κ2) is 7.79. The lowest BCUT2D eigenvalue weighted by atomic mass is 10.2. The molecule has 0 saturated heterocycles. The van der Waals surface area contributed by atoms with Gasteiger partial charge in [-0.3, -0.25) is 9.82 Å². The molecule has 1 aromatic heterocycles. The number of nitrogens with zero attached hydrogens (tertiary/aromatic N) is 2. The molecule has 136 valence electrons. The molecule has 0 bridgehead atoms. The van der Waals surface area contributed by atoms with Gasteiger partial charge in [0, 0.05) is 12.7 Å². The number of aryl methyl sites for hydroxylation is 1. The molecule has 4 nitrogen and oxygen atoms in total. The third-order valence-corrected chi connectivity index (χ3v) is 3.44. The molecule has 0 aliphatic rings. The molecule has 0 spiro atoms. The van der Waals surface area contributed by atoms with E-state index in [9.17, 15) is 17.6 Å². The van der Waals surface area contributed by atoms with Gasteiger partial charge in [-0.25, -0.2) is 4.39 Å². The zero-order chi connectivity index (χ0) is 18.6. The number of aromatic nitrogens is 1. The molecule has 2 rings (SSSR count). The predicted octanol–water partition coefficient (Wildman–Crippen LogP) is 4.12. The Morgan fingerprint density at radius 1 is 1.20 bits per heavy atom. The number of halogens is 4. The number of rotatable bonds is 6. The quantitative estimate of drug-likeness (QED) is 0.575. The Balaban J connectivity index is 2.06. The number of alkyl halides is 3. The highest BCUT2D eigenvalue weighted by Gasteiger charge is 2.31. The Labute approximate surface area is 143 Å². The van der Waals surface area contributed by atoms with Crippen molar-refractivity contribution in [2.24, 2.45) is 0 Å². The summed E-state index contributed by atoms with van der Waals surface area (Å²) < 4.78 is 57.5. The van der Waals surface area contributed by atoms with Crippen molar-refractivity contribution in [1.82, 2.24) is 10.0 Å². The van der Waals surface area contributed by atoms with Crippen molar-refractivity contribution >= 4 is 0 Å². The van der Waals surface area contributed by atoms with Crippen molar-refractivity contribution in [1.29, 1.82) is 0 Å². The number of pyridine rings is 1. The first-order chi connectivity index (χ1) is 11.7. The molecule has 0 radical (unpaired) electrons. The van der Waals surface area contributed by atoms with Crippen LogP contribution in [0.4, 0.5) is 17.6 Å². The minimum atomic E-state index is -4.44. The van der Waals surface area contributed by atoms with Crippen molar-refractivity contribution in [3.63, 3.8) is 0 Å². The average molecular weight is 358 g/mol. The molecule has 8 heteroatoms. The summed E-state index contributed by atoms with van der Waals surface area (Å²) in [5, 5.41) is 1.30. The molecule has 0 saturated carbocycles. The molecule has 0 unspecified atom stereocenters. The van der Waals surface area contributed by atoms with E-state index in [4.69, 9.17) is 9.57 Å². The molecule has 0 aliphatic carbocycles. The summed E-state index contributed by atoms with van der Waals surface area (Å²) in [6, 6.07) is 6.33. The number of hydrogen-bond acceptors (Lipinski definition) is 4. The summed E-state index contributed by atoms with van der Waals surface area (Å²) in [6.07, 6.45) is -4.44. The van der Waals surface area contributed by atoms with Gasteiger partial charge in [0.1, 0.15) is 18.2 Å². The monoisotopic (exact) mass is 358 g/mol. The highest BCUT2D eigenvalue weighted by atomic mass is 19.4. The van der Waals surface area contributed by atoms with Crippen LogP contribution in [0.15, 0.2) is 30.3 Å². The maximum Gasteiger partial charge on any atom is 0.416 e. The third-order valence-electron chi connectivity index (χ3n) is 3.44. The Kier molecular flexibility index (Phi) is 5.97. The predicted molar refractivity (Wildman–Crippen MR) is 83.2 cm³/mol. The fourth-order valence-electron chi connectivity index (χ4n) is 2.30. The molecule has 1 aromatic carbocycles. The lowest BCUT2D eigenvalue weighted by Gasteiger charge is -2.18. The number of hydrogen-bond donors (Lipinski definition) is 0. The van der Waals surface area contributed by atoms with E-state index in [1.54, 1.807) is 6.07 Å². The highest BCUT2D eigenvalue weighted by Crippen LogP contribution is 2.30. The molecule has 0 atom stereocenters. The fourth-order valence-corrected chi connectivity index (χ4v) is 2.30. The molecular formula is C17H18F4N2O2. The van der Waals surface area contributed by atoms with Gasteiger partial charge >= 0.3 is 6.18 Å². The second-order valence-corrected chi connectivity index (χ2v) is 5.47. The standard InChI is InChI=1S/C17H18F4N2O2/c1-11-7-12(17(19,20)21)8-13(22-11)9-23(2)25-10-14-15(18)5-4-6-16(14)24-3/h4-8H,9-10H2,1-3H3. The van der Waals surface area contributed by atoms with E-state index in [1.807, 2.05) is 0 Å². The van der Waals surface area contributed by atoms with E-state index >= 15 is 0 Å². The summed E-state index contributed by atoms with van der Waals surface area (Å²) in [5.41, 5.74) is -0.0754. The van der Waals surface area contributed by atoms with Crippen LogP contribution in [0.25, 0.3) is 0 Å². The Hall–Kier alpha value is -2.19. The van der Waals surface area contributed by atoms with Crippen molar-refractivity contribution in [3.8, 4) is 5.75 Å². The first-order valence-electron chi connectivity index (χ1n) is 7.41. The van der Waals surface area contributed by atoms with Crippen molar-refractivity contribution < 1.29 is 27.1 Å². The van der Waals surface area contributed by atoms with Crippen LogP contribution in [-0.2, 0) is 24.2 Å². The van der Waals surface area contributed by atoms with E-state index < -0.39 is 17.6 Å². The zero-order valence-electron chi connectivity index (χ0n) is 14.0. The Bertz CT molecular complexity index is 735. The van der Waals surface area contributed by atoms with E-state index in [2.05, 4.69) is 4.98 Å². The van der Waals surface area contributed by atoms with Crippen molar-refractivity contribution in [2.45, 2.75) is 26.3 Å². The summed E-state index contributed by atoms with van der Waals surface area (Å²) >= 11 is 0. The van der Waals surface area contributed by atoms with E-state index in [-0.39, 0.29) is 30.1 Å². The van der Waals surface area contributed by atoms with Crippen LogP contribution in [-0.4, -0.2) is 24.2 Å². The first kappa shape index (κ1) is 19.1. The highest BCUT2D eigenvalue weighted by molar-refractivity contribution is 5.34. The van der Waals surface area contributed by atoms with Gasteiger partial charge < -0.3 is 4.74 Å². The van der Waals surface area contributed by atoms with Gasteiger partial charge in [0.15, 0.2) is 0 Å². The van der Waals surface area contributed by atoms with Gasteiger partial charge in [0.2, 0.25) is 0 Å². The smallest absolute Gasteiger partial charge is 0.416 e. The maximum atomic E-state index is 13.8. The minimum Gasteiger partial charge on any atom is -0.496 e. The maximum absolute atomic E-state index is 13.8. The van der Waals surface area contributed by atoms with Gasteiger partial charge in [-0.1, -0.05) is 6.07 Å². The second-order valence-electron chi connectivity index (χ2n) is 5.47. The third kappa shape index (κ3) is 5.14. The molecule has 1 heterocycles. The van der Waals surface area contributed by atoms with Crippen molar-refractivity contribution in [2.75, 3.05) is 14.2 Å². The summed E-state index contributed by atoms with van der Waals surface area (Å²) in [5.74, 6) is -0.151. The topological polar surface area (TPSA) is 34.6 Å². The molecule has 2 aromatic rings. The fraction of sp³-hybridized carbons (Fsp3) is 0.353. The van der Waals surface area contributed by atoms with E-state index in [1.165, 1.54) is 38.3 Å². The van der Waals surface area contributed by atoms with Crippen LogP contribution >= 0.6 is 0 Å². The summed E-state index contributed by atoms with van der Waals surface area (Å²) in [4.78, 5) is 9.49. The van der Waals surface area contributed by atoms with Crippen LogP contribution in [0.3, 0.4) is 0 Å². The SMILES string of the molecule is COc1cccc(F)c1CON(C)Cc1cc(C(F)(F)F)cc(C)n1. The molecule has 0 fully saturated rings. The van der Waals surface area contributed by atoms with Crippen LogP contribution in [0, 0.1) is 12.7 Å². The summed E-state index contributed by atoms with van der Waals surface area (Å²) in [7, 11) is 2.95. The normalized spacial score (nSPS) is 11.8. The Morgan fingerprint density at radius 2 is 1.92 bits per heavy atom. The molecular weight excluding hydrogens is 340 g/mol. The zero-order valence-corrected chi connectivity index (χ0v) is 14.0. The average Bonchev–Trinajstić information content (AvgIpc) is 2.52. The van der Waals surface area contributed by atoms with Gasteiger partial charge in [-0.2, -0.15) is 18.2 Å². The number of methoxy groups -OCH3 is 1. The minimum absolute atomic E-state index is 0.0154. The number of ether oxygens (including phenoxy) is 1. The van der Waals surface area contributed by atoms with Gasteiger partial charge in [-0.05, 0) is 31.2 Å². The largest absolute Gasteiger partial charge is 0.496 e. The Morgan fingerprint density at radius 3 is 2.56 bits per heavy atom. The van der Waals surface area contributed by atoms with Crippen molar-refractivity contribution in [3.05, 3.63) is 58.7 Å². The van der Waals surface area contributed by atoms with Crippen LogP contribution in [0.1, 0.15) is 22.5 Å². The van der Waals surface area contributed by atoms with Gasteiger partial charge in [-0.15, -0.1) is 0 Å². The van der Waals surface area contributed by atoms with E-state index in [0.29, 0.717) is 5.75 Å². The van der Waals surface area contributed by atoms with Gasteiger partial charge in [0.05, 0.1) is 30.5 Å².